The first-order chi connectivity index (χ1) is 5.11. The van der Waals surface area contributed by atoms with Crippen LogP contribution in [0.1, 0.15) is 6.92 Å². The van der Waals surface area contributed by atoms with Crippen molar-refractivity contribution in [1.82, 2.24) is 9.80 Å². The molecule has 1 saturated heterocycles. The van der Waals surface area contributed by atoms with Crippen LogP contribution in [0.25, 0.3) is 0 Å². The number of piperazine rings is 1. The summed E-state index contributed by atoms with van der Waals surface area (Å²) in [5.74, 6) is 0.192. The lowest BCUT2D eigenvalue weighted by atomic mass is 10.3. The third-order valence-electron chi connectivity index (χ3n) is 2.02. The summed E-state index contributed by atoms with van der Waals surface area (Å²) in [4.78, 5) is 15.0. The fourth-order valence-electron chi connectivity index (χ4n) is 1.10. The molecular weight excluding hydrogens is 160 g/mol. The molecule has 1 amide bonds. The molecule has 1 aliphatic rings. The van der Waals surface area contributed by atoms with E-state index in [2.05, 4.69) is 17.5 Å². The Morgan fingerprint density at radius 2 is 2.18 bits per heavy atom. The van der Waals surface area contributed by atoms with Crippen LogP contribution in [0.4, 0.5) is 0 Å². The highest BCUT2D eigenvalue weighted by Crippen LogP contribution is 2.07. The molecule has 0 radical (unpaired) electrons. The Morgan fingerprint density at radius 1 is 1.55 bits per heavy atom. The quantitative estimate of drug-likeness (QED) is 0.567. The van der Waals surface area contributed by atoms with Gasteiger partial charge in [0.25, 0.3) is 0 Å². The van der Waals surface area contributed by atoms with Crippen molar-refractivity contribution >= 4 is 18.5 Å². The largest absolute Gasteiger partial charge is 0.343 e. The van der Waals surface area contributed by atoms with Crippen molar-refractivity contribution in [2.24, 2.45) is 0 Å². The average Bonchev–Trinajstić information content (AvgIpc) is 1.94. The summed E-state index contributed by atoms with van der Waals surface area (Å²) in [6.45, 7) is 4.26. The zero-order valence-electron chi connectivity index (χ0n) is 6.95. The molecule has 0 N–H and O–H groups in total. The van der Waals surface area contributed by atoms with Crippen molar-refractivity contribution in [3.8, 4) is 0 Å². The molecule has 0 aromatic carbocycles. The number of amides is 1. The molecule has 0 bridgehead atoms. The number of carbonyl (C=O) groups excluding carboxylic acids is 1. The second kappa shape index (κ2) is 3.45. The van der Waals surface area contributed by atoms with E-state index in [1.807, 2.05) is 14.0 Å². The third kappa shape index (κ3) is 2.10. The molecule has 11 heavy (non-hydrogen) atoms. The minimum Gasteiger partial charge on any atom is -0.343 e. The van der Waals surface area contributed by atoms with Crippen molar-refractivity contribution < 1.29 is 4.79 Å². The molecule has 4 heteroatoms. The van der Waals surface area contributed by atoms with Crippen molar-refractivity contribution in [2.45, 2.75) is 12.3 Å². The Morgan fingerprint density at radius 3 is 2.64 bits per heavy atom. The van der Waals surface area contributed by atoms with E-state index in [4.69, 9.17) is 0 Å². The maximum atomic E-state index is 11.2. The van der Waals surface area contributed by atoms with Crippen LogP contribution in [0.15, 0.2) is 0 Å². The number of hydrogen-bond acceptors (Lipinski definition) is 3. The monoisotopic (exact) mass is 174 g/mol. The molecule has 64 valence electrons. The van der Waals surface area contributed by atoms with E-state index in [1.165, 1.54) is 0 Å². The molecule has 0 aromatic heterocycles. The maximum Gasteiger partial charge on any atom is 0.236 e. The summed E-state index contributed by atoms with van der Waals surface area (Å²) in [7, 11) is 1.84. The standard InChI is InChI=1S/C7H14N2OS/c1-6(11)9-4-3-8(2)7(10)5-9/h6,11H,3-5H2,1-2H3/t6-/m1/s1. The molecule has 1 heterocycles. The zero-order valence-corrected chi connectivity index (χ0v) is 7.84. The van der Waals surface area contributed by atoms with Gasteiger partial charge in [-0.15, -0.1) is 0 Å². The van der Waals surface area contributed by atoms with Gasteiger partial charge in [0.15, 0.2) is 0 Å². The van der Waals surface area contributed by atoms with Gasteiger partial charge in [-0.3, -0.25) is 9.69 Å². The molecular formula is C7H14N2OS. The molecule has 0 unspecified atom stereocenters. The first kappa shape index (κ1) is 8.87. The minimum absolute atomic E-state index is 0.188. The number of thiol groups is 1. The van der Waals surface area contributed by atoms with Crippen LogP contribution in [-0.4, -0.2) is 47.8 Å². The highest BCUT2D eigenvalue weighted by molar-refractivity contribution is 7.80. The summed E-state index contributed by atoms with van der Waals surface area (Å²) in [6.07, 6.45) is 0. The molecule has 0 spiro atoms. The molecule has 1 fully saturated rings. The van der Waals surface area contributed by atoms with E-state index in [0.29, 0.717) is 6.54 Å². The van der Waals surface area contributed by atoms with Crippen LogP contribution >= 0.6 is 12.6 Å². The van der Waals surface area contributed by atoms with Gasteiger partial charge < -0.3 is 4.90 Å². The number of rotatable bonds is 1. The summed E-state index contributed by atoms with van der Waals surface area (Å²) >= 11 is 4.27. The molecule has 3 nitrogen and oxygen atoms in total. The molecule has 0 aliphatic carbocycles. The lowest BCUT2D eigenvalue weighted by Gasteiger charge is -2.33. The molecule has 0 saturated carbocycles. The number of carbonyl (C=O) groups is 1. The predicted molar refractivity (Wildman–Crippen MR) is 47.7 cm³/mol. The van der Waals surface area contributed by atoms with Crippen LogP contribution in [0, 0.1) is 0 Å². The van der Waals surface area contributed by atoms with Crippen LogP contribution in [0.2, 0.25) is 0 Å². The maximum absolute atomic E-state index is 11.2. The van der Waals surface area contributed by atoms with Crippen molar-refractivity contribution in [3.05, 3.63) is 0 Å². The van der Waals surface area contributed by atoms with E-state index in [-0.39, 0.29) is 11.3 Å². The number of likely N-dealkylation sites (N-methyl/N-ethyl adjacent to an activating group) is 1. The van der Waals surface area contributed by atoms with E-state index in [9.17, 15) is 4.79 Å². The molecule has 1 rings (SSSR count). The van der Waals surface area contributed by atoms with Gasteiger partial charge in [-0.05, 0) is 6.92 Å². The molecule has 1 aliphatic heterocycles. The highest BCUT2D eigenvalue weighted by Gasteiger charge is 2.22. The fraction of sp³-hybridized carbons (Fsp3) is 0.857. The summed E-state index contributed by atoms with van der Waals surface area (Å²) in [5, 5.41) is 0.188. The van der Waals surface area contributed by atoms with E-state index < -0.39 is 0 Å². The van der Waals surface area contributed by atoms with Gasteiger partial charge in [0.05, 0.1) is 11.9 Å². The second-order valence-corrected chi connectivity index (χ2v) is 3.66. The second-order valence-electron chi connectivity index (χ2n) is 2.92. The smallest absolute Gasteiger partial charge is 0.236 e. The Bertz CT molecular complexity index is 161. The first-order valence-electron chi connectivity index (χ1n) is 3.77. The minimum atomic E-state index is 0.188. The Hall–Kier alpha value is -0.220. The van der Waals surface area contributed by atoms with Gasteiger partial charge in [-0.25, -0.2) is 0 Å². The number of nitrogens with zero attached hydrogens (tertiary/aromatic N) is 2. The summed E-state index contributed by atoms with van der Waals surface area (Å²) in [6, 6.07) is 0. The van der Waals surface area contributed by atoms with Crippen LogP contribution in [-0.2, 0) is 4.79 Å². The van der Waals surface area contributed by atoms with Crippen molar-refractivity contribution in [2.75, 3.05) is 26.7 Å². The van der Waals surface area contributed by atoms with Crippen LogP contribution < -0.4 is 0 Å². The first-order valence-corrected chi connectivity index (χ1v) is 4.29. The summed E-state index contributed by atoms with van der Waals surface area (Å²) in [5.41, 5.74) is 0. The zero-order chi connectivity index (χ0) is 8.43. The fourth-order valence-corrected chi connectivity index (χ4v) is 1.29. The van der Waals surface area contributed by atoms with E-state index in [0.717, 1.165) is 13.1 Å². The highest BCUT2D eigenvalue weighted by atomic mass is 32.1. The average molecular weight is 174 g/mol. The van der Waals surface area contributed by atoms with Gasteiger partial charge in [0, 0.05) is 20.1 Å². The number of hydrogen-bond donors (Lipinski definition) is 1. The summed E-state index contributed by atoms with van der Waals surface area (Å²) < 4.78 is 0. The van der Waals surface area contributed by atoms with Gasteiger partial charge in [0.2, 0.25) is 5.91 Å². The predicted octanol–water partition coefficient (Wildman–Crippen LogP) is 0.0362. The third-order valence-corrected chi connectivity index (χ3v) is 2.34. The van der Waals surface area contributed by atoms with Gasteiger partial charge in [-0.1, -0.05) is 0 Å². The van der Waals surface area contributed by atoms with Gasteiger partial charge in [-0.2, -0.15) is 12.6 Å². The van der Waals surface area contributed by atoms with E-state index >= 15 is 0 Å². The Labute approximate surface area is 72.8 Å². The molecule has 1 atom stereocenters. The Kier molecular flexibility index (Phi) is 2.78. The lowest BCUT2D eigenvalue weighted by Crippen LogP contribution is -2.50. The van der Waals surface area contributed by atoms with Gasteiger partial charge in [0.1, 0.15) is 0 Å². The van der Waals surface area contributed by atoms with Crippen LogP contribution in [0.3, 0.4) is 0 Å². The lowest BCUT2D eigenvalue weighted by molar-refractivity contribution is -0.134. The topological polar surface area (TPSA) is 23.6 Å². The van der Waals surface area contributed by atoms with E-state index in [1.54, 1.807) is 4.90 Å². The normalized spacial score (nSPS) is 23.9. The SMILES string of the molecule is C[C@@H](S)N1CCN(C)C(=O)C1. The van der Waals surface area contributed by atoms with Gasteiger partial charge >= 0.3 is 0 Å². The van der Waals surface area contributed by atoms with Crippen LogP contribution in [0.5, 0.6) is 0 Å². The van der Waals surface area contributed by atoms with Crippen molar-refractivity contribution in [3.63, 3.8) is 0 Å². The molecule has 0 aromatic rings. The Balaban J connectivity index is 2.46. The van der Waals surface area contributed by atoms with Crippen molar-refractivity contribution in [1.29, 1.82) is 0 Å².